The van der Waals surface area contributed by atoms with Crippen LogP contribution in [0.2, 0.25) is 0 Å². The van der Waals surface area contributed by atoms with Crippen molar-refractivity contribution in [2.24, 2.45) is 13.0 Å². The summed E-state index contributed by atoms with van der Waals surface area (Å²) >= 11 is 0. The first kappa shape index (κ1) is 18.1. The van der Waals surface area contributed by atoms with Crippen LogP contribution in [0.1, 0.15) is 47.3 Å². The van der Waals surface area contributed by atoms with Gasteiger partial charge in [-0.05, 0) is 31.9 Å². The summed E-state index contributed by atoms with van der Waals surface area (Å²) in [7, 11) is 1.87. The van der Waals surface area contributed by atoms with Crippen molar-refractivity contribution in [3.8, 4) is 0 Å². The Morgan fingerprint density at radius 1 is 1.38 bits per heavy atom. The van der Waals surface area contributed by atoms with Crippen molar-refractivity contribution in [1.82, 2.24) is 25.0 Å². The van der Waals surface area contributed by atoms with Crippen molar-refractivity contribution < 1.29 is 9.59 Å². The Labute approximate surface area is 153 Å². The van der Waals surface area contributed by atoms with Gasteiger partial charge in [-0.3, -0.25) is 19.3 Å². The van der Waals surface area contributed by atoms with Gasteiger partial charge < -0.3 is 10.2 Å². The van der Waals surface area contributed by atoms with E-state index >= 15 is 0 Å². The van der Waals surface area contributed by atoms with Gasteiger partial charge in [-0.15, -0.1) is 0 Å². The van der Waals surface area contributed by atoms with E-state index in [1.54, 1.807) is 17.1 Å². The minimum atomic E-state index is -0.125. The minimum Gasteiger partial charge on any atom is -0.352 e. The van der Waals surface area contributed by atoms with Gasteiger partial charge in [-0.2, -0.15) is 5.10 Å². The lowest BCUT2D eigenvalue weighted by molar-refractivity contribution is -0.138. The first-order valence-electron chi connectivity index (χ1n) is 8.98. The maximum Gasteiger partial charge on any atom is 0.253 e. The normalized spacial score (nSPS) is 20.3. The molecular formula is C19H25N5O2. The lowest BCUT2D eigenvalue weighted by Crippen LogP contribution is -2.46. The highest BCUT2D eigenvalue weighted by molar-refractivity contribution is 5.95. The average Bonchev–Trinajstić information content (AvgIpc) is 3.06. The van der Waals surface area contributed by atoms with Crippen LogP contribution in [0.25, 0.3) is 0 Å². The van der Waals surface area contributed by atoms with Gasteiger partial charge in [0.05, 0.1) is 17.8 Å². The molecule has 1 aliphatic heterocycles. The molecule has 3 rings (SSSR count). The summed E-state index contributed by atoms with van der Waals surface area (Å²) in [6.07, 6.45) is 8.29. The monoisotopic (exact) mass is 355 g/mol. The molecule has 138 valence electrons. The second kappa shape index (κ2) is 7.68. The SMILES string of the molecule is CCN1C(=O)CC[C@H](CNC(=O)c2cnccc2C)[C@H]1c1cnn(C)c1. The highest BCUT2D eigenvalue weighted by Crippen LogP contribution is 2.36. The molecule has 7 nitrogen and oxygen atoms in total. The van der Waals surface area contributed by atoms with Gasteiger partial charge in [0, 0.05) is 56.6 Å². The van der Waals surface area contributed by atoms with E-state index in [9.17, 15) is 9.59 Å². The van der Waals surface area contributed by atoms with E-state index < -0.39 is 0 Å². The van der Waals surface area contributed by atoms with Gasteiger partial charge in [0.25, 0.3) is 5.91 Å². The molecule has 0 aromatic carbocycles. The molecule has 1 aliphatic rings. The largest absolute Gasteiger partial charge is 0.352 e. The third kappa shape index (κ3) is 3.61. The molecular weight excluding hydrogens is 330 g/mol. The topological polar surface area (TPSA) is 80.1 Å². The van der Waals surface area contributed by atoms with Crippen molar-refractivity contribution in [2.75, 3.05) is 13.1 Å². The number of nitrogens with zero attached hydrogens (tertiary/aromatic N) is 4. The quantitative estimate of drug-likeness (QED) is 0.888. The molecule has 1 N–H and O–H groups in total. The number of amides is 2. The molecule has 7 heteroatoms. The van der Waals surface area contributed by atoms with Crippen LogP contribution < -0.4 is 5.32 Å². The number of nitrogens with one attached hydrogen (secondary N) is 1. The standard InChI is InChI=1S/C19H25N5O2/c1-4-24-17(25)6-5-14(18(24)15-10-22-23(3)12-15)9-21-19(26)16-11-20-8-7-13(16)2/h7-8,10-12,14,18H,4-6,9H2,1-3H3,(H,21,26)/t14-,18+/m1/s1. The number of carbonyl (C=O) groups is 2. The first-order chi connectivity index (χ1) is 12.5. The first-order valence-corrected chi connectivity index (χ1v) is 8.98. The number of pyridine rings is 1. The van der Waals surface area contributed by atoms with Crippen LogP contribution in [0.3, 0.4) is 0 Å². The number of hydrogen-bond acceptors (Lipinski definition) is 4. The van der Waals surface area contributed by atoms with Gasteiger partial charge >= 0.3 is 0 Å². The summed E-state index contributed by atoms with van der Waals surface area (Å²) in [5.74, 6) is 0.185. The van der Waals surface area contributed by atoms with Crippen molar-refractivity contribution in [1.29, 1.82) is 0 Å². The van der Waals surface area contributed by atoms with Crippen molar-refractivity contribution >= 4 is 11.8 Å². The molecule has 0 aliphatic carbocycles. The lowest BCUT2D eigenvalue weighted by Gasteiger charge is -2.40. The predicted octanol–water partition coefficient (Wildman–Crippen LogP) is 1.85. The third-order valence-corrected chi connectivity index (χ3v) is 5.05. The van der Waals surface area contributed by atoms with Gasteiger partial charge in [0.2, 0.25) is 5.91 Å². The van der Waals surface area contributed by atoms with E-state index in [0.717, 1.165) is 17.5 Å². The Hall–Kier alpha value is -2.70. The fourth-order valence-electron chi connectivity index (χ4n) is 3.67. The van der Waals surface area contributed by atoms with Crippen molar-refractivity contribution in [3.05, 3.63) is 47.5 Å². The number of hydrogen-bond donors (Lipinski definition) is 1. The van der Waals surface area contributed by atoms with E-state index in [1.807, 2.05) is 44.3 Å². The van der Waals surface area contributed by atoms with Crippen LogP contribution in [0.5, 0.6) is 0 Å². The van der Waals surface area contributed by atoms with Gasteiger partial charge in [-0.1, -0.05) is 0 Å². The fourth-order valence-corrected chi connectivity index (χ4v) is 3.67. The molecule has 1 saturated heterocycles. The van der Waals surface area contributed by atoms with Crippen LogP contribution in [0.15, 0.2) is 30.9 Å². The smallest absolute Gasteiger partial charge is 0.253 e. The Kier molecular flexibility index (Phi) is 5.35. The Morgan fingerprint density at radius 3 is 2.85 bits per heavy atom. The minimum absolute atomic E-state index is 0.0646. The Balaban J connectivity index is 1.77. The molecule has 2 aromatic rings. The molecule has 0 radical (unpaired) electrons. The summed E-state index contributed by atoms with van der Waals surface area (Å²) in [6, 6.07) is 1.76. The van der Waals surface area contributed by atoms with Gasteiger partial charge in [0.1, 0.15) is 0 Å². The summed E-state index contributed by atoms with van der Waals surface area (Å²) in [4.78, 5) is 30.8. The summed E-state index contributed by atoms with van der Waals surface area (Å²) in [5.41, 5.74) is 2.50. The number of aryl methyl sites for hydroxylation is 2. The number of piperidine rings is 1. The van der Waals surface area contributed by atoms with E-state index in [1.165, 1.54) is 0 Å². The molecule has 0 unspecified atom stereocenters. The highest BCUT2D eigenvalue weighted by Gasteiger charge is 2.36. The molecule has 2 aromatic heterocycles. The van der Waals surface area contributed by atoms with Gasteiger partial charge in [0.15, 0.2) is 0 Å². The maximum atomic E-state index is 12.5. The number of aromatic nitrogens is 3. The van der Waals surface area contributed by atoms with Crippen LogP contribution >= 0.6 is 0 Å². The van der Waals surface area contributed by atoms with Crippen molar-refractivity contribution in [2.45, 2.75) is 32.7 Å². The molecule has 0 spiro atoms. The second-order valence-corrected chi connectivity index (χ2v) is 6.77. The lowest BCUT2D eigenvalue weighted by atomic mass is 9.85. The van der Waals surface area contributed by atoms with Gasteiger partial charge in [-0.25, -0.2) is 0 Å². The van der Waals surface area contributed by atoms with Crippen LogP contribution in [-0.2, 0) is 11.8 Å². The van der Waals surface area contributed by atoms with E-state index in [-0.39, 0.29) is 23.8 Å². The Morgan fingerprint density at radius 2 is 2.19 bits per heavy atom. The molecule has 1 fully saturated rings. The molecule has 0 bridgehead atoms. The summed E-state index contributed by atoms with van der Waals surface area (Å²) in [5, 5.41) is 7.29. The Bertz CT molecular complexity index is 801. The van der Waals surface area contributed by atoms with Crippen LogP contribution in [0.4, 0.5) is 0 Å². The number of rotatable bonds is 5. The number of likely N-dealkylation sites (tertiary alicyclic amines) is 1. The molecule has 2 atom stereocenters. The molecule has 0 saturated carbocycles. The predicted molar refractivity (Wildman–Crippen MR) is 97.4 cm³/mol. The molecule has 26 heavy (non-hydrogen) atoms. The van der Waals surface area contributed by atoms with E-state index in [0.29, 0.717) is 25.1 Å². The zero-order chi connectivity index (χ0) is 18.7. The summed E-state index contributed by atoms with van der Waals surface area (Å²) < 4.78 is 1.75. The zero-order valence-electron chi connectivity index (χ0n) is 15.5. The average molecular weight is 355 g/mol. The van der Waals surface area contributed by atoms with E-state index in [2.05, 4.69) is 15.4 Å². The molecule has 3 heterocycles. The van der Waals surface area contributed by atoms with Crippen molar-refractivity contribution in [3.63, 3.8) is 0 Å². The number of carbonyl (C=O) groups excluding carboxylic acids is 2. The van der Waals surface area contributed by atoms with E-state index in [4.69, 9.17) is 0 Å². The van der Waals surface area contributed by atoms with Crippen LogP contribution in [-0.4, -0.2) is 44.6 Å². The highest BCUT2D eigenvalue weighted by atomic mass is 16.2. The third-order valence-electron chi connectivity index (χ3n) is 5.05. The summed E-state index contributed by atoms with van der Waals surface area (Å²) in [6.45, 7) is 5.04. The second-order valence-electron chi connectivity index (χ2n) is 6.77. The van der Waals surface area contributed by atoms with Crippen LogP contribution in [0, 0.1) is 12.8 Å². The molecule has 2 amide bonds. The zero-order valence-corrected chi connectivity index (χ0v) is 15.5. The maximum absolute atomic E-state index is 12.5. The fraction of sp³-hybridized carbons (Fsp3) is 0.474.